The molecule has 0 atom stereocenters. The van der Waals surface area contributed by atoms with Crippen LogP contribution in [0.2, 0.25) is 5.02 Å². The molecule has 1 heterocycles. The summed E-state index contributed by atoms with van der Waals surface area (Å²) in [5.74, 6) is -0.664. The first-order valence-electron chi connectivity index (χ1n) is 6.30. The van der Waals surface area contributed by atoms with Gasteiger partial charge in [0.2, 0.25) is 0 Å². The second kappa shape index (κ2) is 4.86. The summed E-state index contributed by atoms with van der Waals surface area (Å²) in [6.45, 7) is 4.44. The third-order valence-electron chi connectivity index (χ3n) is 4.20. The number of carboxylic acid groups (broad SMARTS) is 1. The van der Waals surface area contributed by atoms with Crippen molar-refractivity contribution in [3.8, 4) is 0 Å². The Hall–Kier alpha value is -0.540. The van der Waals surface area contributed by atoms with Gasteiger partial charge in [0.15, 0.2) is 0 Å². The molecule has 0 bridgehead atoms. The molecule has 1 aliphatic rings. The Bertz CT molecular complexity index is 440. The molecular weight excluding hydrogens is 268 g/mol. The fourth-order valence-electron chi connectivity index (χ4n) is 2.63. The van der Waals surface area contributed by atoms with E-state index in [-0.39, 0.29) is 5.41 Å². The average molecular weight is 287 g/mol. The molecule has 1 aromatic rings. The van der Waals surface area contributed by atoms with Crippen LogP contribution in [0.15, 0.2) is 11.4 Å². The van der Waals surface area contributed by atoms with E-state index in [9.17, 15) is 9.90 Å². The maximum atomic E-state index is 11.7. The topological polar surface area (TPSA) is 37.3 Å². The fraction of sp³-hybridized carbons (Fsp3) is 0.643. The van der Waals surface area contributed by atoms with Crippen LogP contribution in [0.4, 0.5) is 0 Å². The molecule has 1 N–H and O–H groups in total. The van der Waals surface area contributed by atoms with Crippen LogP contribution >= 0.6 is 22.9 Å². The number of thiophene rings is 1. The van der Waals surface area contributed by atoms with Gasteiger partial charge in [0.1, 0.15) is 0 Å². The van der Waals surface area contributed by atoms with E-state index in [1.807, 2.05) is 11.4 Å². The summed E-state index contributed by atoms with van der Waals surface area (Å²) in [5, 5.41) is 12.3. The molecule has 0 amide bonds. The van der Waals surface area contributed by atoms with Gasteiger partial charge in [-0.3, -0.25) is 4.79 Å². The zero-order valence-corrected chi connectivity index (χ0v) is 12.4. The van der Waals surface area contributed by atoms with E-state index in [0.717, 1.165) is 30.6 Å². The third-order valence-corrected chi connectivity index (χ3v) is 5.59. The van der Waals surface area contributed by atoms with E-state index in [1.54, 1.807) is 11.3 Å². The zero-order chi connectivity index (χ0) is 13.4. The van der Waals surface area contributed by atoms with Crippen LogP contribution in [-0.2, 0) is 11.2 Å². The van der Waals surface area contributed by atoms with Gasteiger partial charge in [-0.2, -0.15) is 0 Å². The van der Waals surface area contributed by atoms with Gasteiger partial charge in [-0.15, -0.1) is 11.3 Å². The minimum absolute atomic E-state index is 0.276. The van der Waals surface area contributed by atoms with E-state index in [1.165, 1.54) is 0 Å². The summed E-state index contributed by atoms with van der Waals surface area (Å²) in [5.41, 5.74) is -0.331. The zero-order valence-electron chi connectivity index (χ0n) is 10.8. The van der Waals surface area contributed by atoms with Crippen LogP contribution in [0.3, 0.4) is 0 Å². The van der Waals surface area contributed by atoms with E-state index in [2.05, 4.69) is 13.8 Å². The third kappa shape index (κ3) is 2.72. The lowest BCUT2D eigenvalue weighted by molar-refractivity contribution is -0.152. The number of aliphatic carboxylic acids is 1. The molecule has 0 radical (unpaired) electrons. The molecule has 0 spiro atoms. The molecule has 1 saturated carbocycles. The predicted molar refractivity (Wildman–Crippen MR) is 75.4 cm³/mol. The number of carboxylic acids is 1. The van der Waals surface area contributed by atoms with Crippen LogP contribution < -0.4 is 0 Å². The Labute approximate surface area is 117 Å². The second-order valence-corrected chi connectivity index (χ2v) is 7.53. The number of carbonyl (C=O) groups is 1. The van der Waals surface area contributed by atoms with Crippen molar-refractivity contribution in [3.05, 3.63) is 21.3 Å². The number of hydrogen-bond donors (Lipinski definition) is 1. The van der Waals surface area contributed by atoms with Crippen molar-refractivity contribution < 1.29 is 9.90 Å². The van der Waals surface area contributed by atoms with Crippen LogP contribution in [0.1, 0.15) is 44.4 Å². The molecule has 0 unspecified atom stereocenters. The molecular formula is C14H19ClO2S. The van der Waals surface area contributed by atoms with Crippen LogP contribution in [-0.4, -0.2) is 11.1 Å². The van der Waals surface area contributed by atoms with Gasteiger partial charge in [-0.1, -0.05) is 25.4 Å². The van der Waals surface area contributed by atoms with Crippen LogP contribution in [0.25, 0.3) is 0 Å². The maximum Gasteiger partial charge on any atom is 0.309 e. The Kier molecular flexibility index (Phi) is 3.75. The Morgan fingerprint density at radius 2 is 2.00 bits per heavy atom. The Balaban J connectivity index is 2.19. The molecule has 1 fully saturated rings. The SMILES string of the molecule is CC1(C)CCC(Cc2sccc2Cl)(C(=O)O)CC1. The number of hydrogen-bond acceptors (Lipinski definition) is 2. The average Bonchev–Trinajstić information content (AvgIpc) is 2.67. The lowest BCUT2D eigenvalue weighted by Gasteiger charge is -2.40. The van der Waals surface area contributed by atoms with Crippen LogP contribution in [0.5, 0.6) is 0 Å². The highest BCUT2D eigenvalue weighted by atomic mass is 35.5. The molecule has 0 aliphatic heterocycles. The summed E-state index contributed by atoms with van der Waals surface area (Å²) in [6, 6.07) is 1.85. The Morgan fingerprint density at radius 3 is 2.44 bits per heavy atom. The number of rotatable bonds is 3. The molecule has 18 heavy (non-hydrogen) atoms. The molecule has 1 aliphatic carbocycles. The van der Waals surface area contributed by atoms with Gasteiger partial charge in [0.25, 0.3) is 0 Å². The van der Waals surface area contributed by atoms with Crippen molar-refractivity contribution in [1.29, 1.82) is 0 Å². The first-order valence-corrected chi connectivity index (χ1v) is 7.56. The van der Waals surface area contributed by atoms with Crippen molar-refractivity contribution >= 4 is 28.9 Å². The highest BCUT2D eigenvalue weighted by Crippen LogP contribution is 2.48. The fourth-order valence-corrected chi connectivity index (χ4v) is 3.88. The van der Waals surface area contributed by atoms with E-state index < -0.39 is 11.4 Å². The summed E-state index contributed by atoms with van der Waals surface area (Å²) in [6.07, 6.45) is 4.03. The lowest BCUT2D eigenvalue weighted by atomic mass is 9.63. The van der Waals surface area contributed by atoms with Gasteiger partial charge in [0.05, 0.1) is 10.4 Å². The van der Waals surface area contributed by atoms with E-state index >= 15 is 0 Å². The van der Waals surface area contributed by atoms with E-state index in [0.29, 0.717) is 11.4 Å². The minimum atomic E-state index is -0.664. The van der Waals surface area contributed by atoms with Gasteiger partial charge >= 0.3 is 5.97 Å². The molecule has 1 aromatic heterocycles. The minimum Gasteiger partial charge on any atom is -0.481 e. The molecule has 2 nitrogen and oxygen atoms in total. The molecule has 4 heteroatoms. The van der Waals surface area contributed by atoms with Gasteiger partial charge in [-0.25, -0.2) is 0 Å². The summed E-state index contributed by atoms with van der Waals surface area (Å²) in [7, 11) is 0. The largest absolute Gasteiger partial charge is 0.481 e. The highest BCUT2D eigenvalue weighted by molar-refractivity contribution is 7.10. The molecule has 100 valence electrons. The first-order chi connectivity index (χ1) is 8.35. The molecule has 0 aromatic carbocycles. The maximum absolute atomic E-state index is 11.7. The Morgan fingerprint density at radius 1 is 1.39 bits per heavy atom. The quantitative estimate of drug-likeness (QED) is 0.880. The normalized spacial score (nSPS) is 21.7. The van der Waals surface area contributed by atoms with Gasteiger partial charge in [0, 0.05) is 4.88 Å². The van der Waals surface area contributed by atoms with Gasteiger partial charge < -0.3 is 5.11 Å². The number of halogens is 1. The van der Waals surface area contributed by atoms with Crippen molar-refractivity contribution in [2.75, 3.05) is 0 Å². The van der Waals surface area contributed by atoms with Crippen molar-refractivity contribution in [3.63, 3.8) is 0 Å². The monoisotopic (exact) mass is 286 g/mol. The van der Waals surface area contributed by atoms with Crippen LogP contribution in [0, 0.1) is 10.8 Å². The highest BCUT2D eigenvalue weighted by Gasteiger charge is 2.44. The van der Waals surface area contributed by atoms with Crippen molar-refractivity contribution in [1.82, 2.24) is 0 Å². The predicted octanol–water partition coefficient (Wildman–Crippen LogP) is 4.62. The lowest BCUT2D eigenvalue weighted by Crippen LogP contribution is -2.39. The smallest absolute Gasteiger partial charge is 0.309 e. The molecule has 0 saturated heterocycles. The van der Waals surface area contributed by atoms with E-state index in [4.69, 9.17) is 11.6 Å². The standard InChI is InChI=1S/C14H19ClO2S/c1-13(2)4-6-14(7-5-13,12(16)17)9-11-10(15)3-8-18-11/h3,8H,4-7,9H2,1-2H3,(H,16,17). The summed E-state index contributed by atoms with van der Waals surface area (Å²) >= 11 is 7.66. The van der Waals surface area contributed by atoms with Gasteiger partial charge in [-0.05, 0) is 49.0 Å². The summed E-state index contributed by atoms with van der Waals surface area (Å²) in [4.78, 5) is 12.7. The van der Waals surface area contributed by atoms with Crippen molar-refractivity contribution in [2.45, 2.75) is 46.0 Å². The summed E-state index contributed by atoms with van der Waals surface area (Å²) < 4.78 is 0. The molecule has 2 rings (SSSR count). The second-order valence-electron chi connectivity index (χ2n) is 6.12. The first kappa shape index (κ1) is 13.9. The van der Waals surface area contributed by atoms with Crippen molar-refractivity contribution in [2.24, 2.45) is 10.8 Å².